The summed E-state index contributed by atoms with van der Waals surface area (Å²) < 4.78 is 0. The Morgan fingerprint density at radius 2 is 1.42 bits per heavy atom. The van der Waals surface area contributed by atoms with Gasteiger partial charge in [0.05, 0.1) is 17.1 Å². The molecule has 0 saturated carbocycles. The van der Waals surface area contributed by atoms with Gasteiger partial charge in [-0.2, -0.15) is 0 Å². The second-order valence-corrected chi connectivity index (χ2v) is 3.80. The van der Waals surface area contributed by atoms with Gasteiger partial charge in [0, 0.05) is 24.8 Å². The lowest BCUT2D eigenvalue weighted by Crippen LogP contribution is -1.96. The van der Waals surface area contributed by atoms with Crippen molar-refractivity contribution in [3.63, 3.8) is 0 Å². The fraction of sp³-hybridized carbons (Fsp3) is 0.357. The molecule has 0 unspecified atom stereocenters. The van der Waals surface area contributed by atoms with Crippen molar-refractivity contribution in [3.05, 3.63) is 47.6 Å². The molecule has 0 saturated heterocycles. The zero-order valence-corrected chi connectivity index (χ0v) is 11.5. The molecule has 100 valence electrons. The van der Waals surface area contributed by atoms with E-state index in [1.165, 1.54) is 6.20 Å². The van der Waals surface area contributed by atoms with Crippen molar-refractivity contribution >= 4 is 6.29 Å². The first-order valence-corrected chi connectivity index (χ1v) is 6.24. The van der Waals surface area contributed by atoms with Gasteiger partial charge in [-0.25, -0.2) is 4.98 Å². The highest BCUT2D eigenvalue weighted by atomic mass is 16.1. The first-order chi connectivity index (χ1) is 9.22. The third-order valence-corrected chi connectivity index (χ3v) is 2.57. The molecule has 2 heterocycles. The van der Waals surface area contributed by atoms with Gasteiger partial charge in [0.15, 0.2) is 6.29 Å². The molecule has 5 heteroatoms. The van der Waals surface area contributed by atoms with E-state index in [1.54, 1.807) is 18.6 Å². The minimum Gasteiger partial charge on any atom is -0.296 e. The molecule has 0 spiro atoms. The summed E-state index contributed by atoms with van der Waals surface area (Å²) in [6.07, 6.45) is 9.00. The maximum atomic E-state index is 10.3. The van der Waals surface area contributed by atoms with Gasteiger partial charge >= 0.3 is 0 Å². The van der Waals surface area contributed by atoms with E-state index in [-0.39, 0.29) is 0 Å². The molecular weight excluding hydrogens is 240 g/mol. The summed E-state index contributed by atoms with van der Waals surface area (Å²) in [7, 11) is 0. The molecule has 0 aromatic carbocycles. The topological polar surface area (TPSA) is 68.6 Å². The molecule has 5 nitrogen and oxygen atoms in total. The minimum atomic E-state index is 0.449. The van der Waals surface area contributed by atoms with Crippen LogP contribution in [-0.2, 0) is 12.8 Å². The summed E-state index contributed by atoms with van der Waals surface area (Å²) >= 11 is 0. The molecule has 0 aliphatic rings. The molecule has 0 fully saturated rings. The van der Waals surface area contributed by atoms with Crippen LogP contribution in [0, 0.1) is 6.92 Å². The molecule has 0 aliphatic heterocycles. The Labute approximate surface area is 113 Å². The van der Waals surface area contributed by atoms with E-state index in [2.05, 4.69) is 26.9 Å². The van der Waals surface area contributed by atoms with Crippen LogP contribution >= 0.6 is 0 Å². The van der Waals surface area contributed by atoms with E-state index in [0.29, 0.717) is 5.69 Å². The Morgan fingerprint density at radius 1 is 0.895 bits per heavy atom. The fourth-order valence-electron chi connectivity index (χ4n) is 1.53. The fourth-order valence-corrected chi connectivity index (χ4v) is 1.53. The summed E-state index contributed by atoms with van der Waals surface area (Å²) in [5, 5.41) is 0. The molecule has 0 radical (unpaired) electrons. The van der Waals surface area contributed by atoms with Gasteiger partial charge in [-0.15, -0.1) is 0 Å². The van der Waals surface area contributed by atoms with Gasteiger partial charge in [0.2, 0.25) is 0 Å². The summed E-state index contributed by atoms with van der Waals surface area (Å²) in [6.45, 7) is 6.00. The normalized spacial score (nSPS) is 9.42. The highest BCUT2D eigenvalue weighted by Gasteiger charge is 1.98. The van der Waals surface area contributed by atoms with Crippen LogP contribution in [-0.4, -0.2) is 26.2 Å². The van der Waals surface area contributed by atoms with Crippen molar-refractivity contribution < 1.29 is 4.79 Å². The lowest BCUT2D eigenvalue weighted by atomic mass is 10.3. The Kier molecular flexibility index (Phi) is 6.29. The lowest BCUT2D eigenvalue weighted by molar-refractivity contribution is 0.111. The van der Waals surface area contributed by atoms with E-state index in [0.717, 1.165) is 36.2 Å². The van der Waals surface area contributed by atoms with Crippen molar-refractivity contribution in [2.45, 2.75) is 33.6 Å². The molecule has 2 aromatic rings. The number of carbonyl (C=O) groups excluding carboxylic acids is 1. The number of hydrogen-bond acceptors (Lipinski definition) is 5. The van der Waals surface area contributed by atoms with E-state index >= 15 is 0 Å². The van der Waals surface area contributed by atoms with Gasteiger partial charge in [0.25, 0.3) is 0 Å². The Morgan fingerprint density at radius 3 is 1.84 bits per heavy atom. The van der Waals surface area contributed by atoms with Crippen LogP contribution in [0.3, 0.4) is 0 Å². The van der Waals surface area contributed by atoms with Gasteiger partial charge in [0.1, 0.15) is 5.69 Å². The van der Waals surface area contributed by atoms with Crippen LogP contribution in [0.15, 0.2) is 24.8 Å². The maximum Gasteiger partial charge on any atom is 0.170 e. The largest absolute Gasteiger partial charge is 0.296 e. The highest BCUT2D eigenvalue weighted by molar-refractivity contribution is 5.73. The second kappa shape index (κ2) is 8.02. The number of carbonyl (C=O) groups is 1. The Hall–Kier alpha value is -2.17. The molecule has 2 aromatic heterocycles. The van der Waals surface area contributed by atoms with Crippen LogP contribution in [0.1, 0.15) is 41.4 Å². The van der Waals surface area contributed by atoms with Crippen LogP contribution in [0.4, 0.5) is 0 Å². The average Bonchev–Trinajstić information content (AvgIpc) is 2.48. The Balaban J connectivity index is 0.000000191. The molecule has 0 aliphatic carbocycles. The number of hydrogen-bond donors (Lipinski definition) is 0. The molecule has 0 bridgehead atoms. The predicted octanol–water partition coefficient (Wildman–Crippen LogP) is 2.20. The number of nitrogens with zero attached hydrogens (tertiary/aromatic N) is 4. The standard InChI is InChI=1S/C7H8N2O.C7H10N2/c1-2-6-7(5-10)9-4-3-8-6;1-3-7-6(2)8-4-5-9-7/h3-5H,2H2,1H3;4-5H,3H2,1-2H3. The van der Waals surface area contributed by atoms with Crippen LogP contribution in [0.5, 0.6) is 0 Å². The SMILES string of the molecule is CCc1nccnc1C.CCc1nccnc1C=O. The van der Waals surface area contributed by atoms with Gasteiger partial charge < -0.3 is 0 Å². The van der Waals surface area contributed by atoms with Crippen molar-refractivity contribution in [1.82, 2.24) is 19.9 Å². The van der Waals surface area contributed by atoms with E-state index in [9.17, 15) is 4.79 Å². The predicted molar refractivity (Wildman–Crippen MR) is 72.9 cm³/mol. The van der Waals surface area contributed by atoms with Gasteiger partial charge in [-0.05, 0) is 19.8 Å². The minimum absolute atomic E-state index is 0.449. The van der Waals surface area contributed by atoms with Crippen LogP contribution in [0.25, 0.3) is 0 Å². The van der Waals surface area contributed by atoms with Crippen LogP contribution in [0.2, 0.25) is 0 Å². The number of aldehydes is 1. The first kappa shape index (κ1) is 14.9. The van der Waals surface area contributed by atoms with Crippen molar-refractivity contribution in [3.8, 4) is 0 Å². The number of aromatic nitrogens is 4. The Bertz CT molecular complexity index is 528. The summed E-state index contributed by atoms with van der Waals surface area (Å²) in [4.78, 5) is 26.3. The van der Waals surface area contributed by atoms with E-state index in [4.69, 9.17) is 0 Å². The summed E-state index contributed by atoms with van der Waals surface area (Å²) in [6, 6.07) is 0. The highest BCUT2D eigenvalue weighted by Crippen LogP contribution is 1.98. The zero-order valence-electron chi connectivity index (χ0n) is 11.5. The molecular formula is C14H18N4O. The first-order valence-electron chi connectivity index (χ1n) is 6.24. The lowest BCUT2D eigenvalue weighted by Gasteiger charge is -1.96. The van der Waals surface area contributed by atoms with E-state index in [1.807, 2.05) is 13.8 Å². The maximum absolute atomic E-state index is 10.3. The second-order valence-electron chi connectivity index (χ2n) is 3.80. The van der Waals surface area contributed by atoms with Crippen molar-refractivity contribution in [1.29, 1.82) is 0 Å². The number of rotatable bonds is 3. The molecule has 0 atom stereocenters. The third-order valence-electron chi connectivity index (χ3n) is 2.57. The summed E-state index contributed by atoms with van der Waals surface area (Å²) in [5.41, 5.74) is 3.35. The van der Waals surface area contributed by atoms with Gasteiger partial charge in [-0.1, -0.05) is 13.8 Å². The van der Waals surface area contributed by atoms with Gasteiger partial charge in [-0.3, -0.25) is 19.7 Å². The average molecular weight is 258 g/mol. The van der Waals surface area contributed by atoms with Crippen molar-refractivity contribution in [2.75, 3.05) is 0 Å². The van der Waals surface area contributed by atoms with Crippen LogP contribution < -0.4 is 0 Å². The third kappa shape index (κ3) is 4.54. The monoisotopic (exact) mass is 258 g/mol. The zero-order chi connectivity index (χ0) is 14.1. The van der Waals surface area contributed by atoms with E-state index < -0.39 is 0 Å². The van der Waals surface area contributed by atoms with Crippen molar-refractivity contribution in [2.24, 2.45) is 0 Å². The smallest absolute Gasteiger partial charge is 0.170 e. The summed E-state index contributed by atoms with van der Waals surface area (Å²) in [5.74, 6) is 0. The molecule has 0 amide bonds. The molecule has 2 rings (SSSR count). The molecule has 0 N–H and O–H groups in total. The molecule has 19 heavy (non-hydrogen) atoms. The quantitative estimate of drug-likeness (QED) is 0.789. The number of aryl methyl sites for hydroxylation is 3.